The number of rotatable bonds is 4. The standard InChI is InChI=1S/C15H16N4/c16-7-2-3-12-11-17-8-6-13(12)14-4-1-5-15-18-9-10-19(14)15/h1,4-6,8-11H,2-3,7,16H2. The molecule has 2 N–H and O–H groups in total. The zero-order valence-corrected chi connectivity index (χ0v) is 10.7. The lowest BCUT2D eigenvalue weighted by atomic mass is 10.0. The van der Waals surface area contributed by atoms with Crippen LogP contribution in [0.25, 0.3) is 16.9 Å². The molecule has 0 aliphatic heterocycles. The minimum atomic E-state index is 0.698. The Morgan fingerprint density at radius 3 is 3.00 bits per heavy atom. The second kappa shape index (κ2) is 5.20. The number of aryl methyl sites for hydroxylation is 1. The van der Waals surface area contributed by atoms with Crippen LogP contribution in [0, 0.1) is 0 Å². The Labute approximate surface area is 111 Å². The quantitative estimate of drug-likeness (QED) is 0.775. The Balaban J connectivity index is 2.13. The van der Waals surface area contributed by atoms with E-state index in [4.69, 9.17) is 5.73 Å². The maximum atomic E-state index is 5.60. The van der Waals surface area contributed by atoms with Crippen molar-refractivity contribution in [3.05, 3.63) is 54.6 Å². The van der Waals surface area contributed by atoms with E-state index >= 15 is 0 Å². The summed E-state index contributed by atoms with van der Waals surface area (Å²) in [6.07, 6.45) is 9.48. The van der Waals surface area contributed by atoms with Gasteiger partial charge in [0.2, 0.25) is 0 Å². The van der Waals surface area contributed by atoms with E-state index in [0.29, 0.717) is 6.54 Å². The molecule has 4 heteroatoms. The number of imidazole rings is 1. The molecule has 4 nitrogen and oxygen atoms in total. The lowest BCUT2D eigenvalue weighted by Crippen LogP contribution is -2.02. The zero-order chi connectivity index (χ0) is 13.1. The maximum absolute atomic E-state index is 5.60. The summed E-state index contributed by atoms with van der Waals surface area (Å²) in [4.78, 5) is 8.55. The van der Waals surface area contributed by atoms with E-state index in [1.165, 1.54) is 11.1 Å². The SMILES string of the molecule is NCCCc1cnccc1-c1cccc2nccn12. The summed E-state index contributed by atoms with van der Waals surface area (Å²) in [7, 11) is 0. The lowest BCUT2D eigenvalue weighted by molar-refractivity contribution is 0.829. The van der Waals surface area contributed by atoms with Crippen molar-refractivity contribution in [2.75, 3.05) is 6.54 Å². The Hall–Kier alpha value is -2.20. The second-order valence-electron chi connectivity index (χ2n) is 4.49. The van der Waals surface area contributed by atoms with E-state index in [0.717, 1.165) is 24.2 Å². The highest BCUT2D eigenvalue weighted by molar-refractivity contribution is 5.66. The smallest absolute Gasteiger partial charge is 0.137 e. The molecular weight excluding hydrogens is 236 g/mol. The first kappa shape index (κ1) is 11.9. The van der Waals surface area contributed by atoms with Gasteiger partial charge in [-0.15, -0.1) is 0 Å². The fourth-order valence-electron chi connectivity index (χ4n) is 2.34. The average Bonchev–Trinajstić information content (AvgIpc) is 2.94. The van der Waals surface area contributed by atoms with Crippen LogP contribution in [-0.2, 0) is 6.42 Å². The zero-order valence-electron chi connectivity index (χ0n) is 10.7. The van der Waals surface area contributed by atoms with Crippen LogP contribution >= 0.6 is 0 Å². The van der Waals surface area contributed by atoms with Crippen molar-refractivity contribution in [1.82, 2.24) is 14.4 Å². The van der Waals surface area contributed by atoms with Gasteiger partial charge < -0.3 is 5.73 Å². The molecule has 0 bridgehead atoms. The summed E-state index contributed by atoms with van der Waals surface area (Å²) >= 11 is 0. The fraction of sp³-hybridized carbons (Fsp3) is 0.200. The summed E-state index contributed by atoms with van der Waals surface area (Å²) in [5.74, 6) is 0. The van der Waals surface area contributed by atoms with Gasteiger partial charge in [0.05, 0.1) is 5.69 Å². The van der Waals surface area contributed by atoms with Crippen molar-refractivity contribution in [3.8, 4) is 11.3 Å². The van der Waals surface area contributed by atoms with Crippen molar-refractivity contribution >= 4 is 5.65 Å². The first-order chi connectivity index (χ1) is 9.40. The van der Waals surface area contributed by atoms with Crippen molar-refractivity contribution in [3.63, 3.8) is 0 Å². The molecule has 0 radical (unpaired) electrons. The normalized spacial score (nSPS) is 11.0. The molecule has 0 unspecified atom stereocenters. The Kier molecular flexibility index (Phi) is 3.25. The molecule has 3 heterocycles. The molecule has 3 aromatic heterocycles. The van der Waals surface area contributed by atoms with Crippen molar-refractivity contribution in [2.24, 2.45) is 5.73 Å². The van der Waals surface area contributed by atoms with Gasteiger partial charge in [-0.2, -0.15) is 0 Å². The van der Waals surface area contributed by atoms with Crippen molar-refractivity contribution in [1.29, 1.82) is 0 Å². The summed E-state index contributed by atoms with van der Waals surface area (Å²) in [6, 6.07) is 8.20. The van der Waals surface area contributed by atoms with E-state index in [9.17, 15) is 0 Å². The summed E-state index contributed by atoms with van der Waals surface area (Å²) in [6.45, 7) is 0.698. The minimum absolute atomic E-state index is 0.698. The third-order valence-corrected chi connectivity index (χ3v) is 3.26. The Morgan fingerprint density at radius 1 is 1.16 bits per heavy atom. The van der Waals surface area contributed by atoms with Gasteiger partial charge in [-0.3, -0.25) is 9.38 Å². The number of pyridine rings is 2. The first-order valence-corrected chi connectivity index (χ1v) is 6.45. The van der Waals surface area contributed by atoms with E-state index in [-0.39, 0.29) is 0 Å². The van der Waals surface area contributed by atoms with Gasteiger partial charge in [-0.1, -0.05) is 6.07 Å². The van der Waals surface area contributed by atoms with Crippen molar-refractivity contribution in [2.45, 2.75) is 12.8 Å². The van der Waals surface area contributed by atoms with Crippen LogP contribution in [-0.4, -0.2) is 20.9 Å². The number of fused-ring (bicyclic) bond motifs is 1. The Morgan fingerprint density at radius 2 is 2.11 bits per heavy atom. The number of nitrogens with zero attached hydrogens (tertiary/aromatic N) is 3. The highest BCUT2D eigenvalue weighted by atomic mass is 15.0. The van der Waals surface area contributed by atoms with Crippen LogP contribution in [0.1, 0.15) is 12.0 Å². The van der Waals surface area contributed by atoms with E-state index in [2.05, 4.69) is 26.5 Å². The molecule has 3 rings (SSSR count). The summed E-state index contributed by atoms with van der Waals surface area (Å²) in [5, 5.41) is 0. The van der Waals surface area contributed by atoms with Gasteiger partial charge in [0.15, 0.2) is 0 Å². The molecule has 0 amide bonds. The van der Waals surface area contributed by atoms with Crippen molar-refractivity contribution < 1.29 is 0 Å². The Bertz CT molecular complexity index is 687. The molecule has 3 aromatic rings. The van der Waals surface area contributed by atoms with Crippen LogP contribution in [0.5, 0.6) is 0 Å². The molecule has 0 aliphatic carbocycles. The van der Waals surface area contributed by atoms with Crippen LogP contribution in [0.4, 0.5) is 0 Å². The number of aromatic nitrogens is 3. The second-order valence-corrected chi connectivity index (χ2v) is 4.49. The minimum Gasteiger partial charge on any atom is -0.330 e. The van der Waals surface area contributed by atoms with E-state index < -0.39 is 0 Å². The molecule has 0 saturated heterocycles. The predicted octanol–water partition coefficient (Wildman–Crippen LogP) is 2.29. The third kappa shape index (κ3) is 2.22. The number of hydrogen-bond acceptors (Lipinski definition) is 3. The molecule has 96 valence electrons. The monoisotopic (exact) mass is 252 g/mol. The van der Waals surface area contributed by atoms with E-state index in [1.54, 1.807) is 0 Å². The van der Waals surface area contributed by atoms with Crippen LogP contribution < -0.4 is 5.73 Å². The molecule has 0 atom stereocenters. The van der Waals surface area contributed by atoms with Gasteiger partial charge in [-0.25, -0.2) is 4.98 Å². The third-order valence-electron chi connectivity index (χ3n) is 3.26. The van der Waals surface area contributed by atoms with Crippen LogP contribution in [0.3, 0.4) is 0 Å². The maximum Gasteiger partial charge on any atom is 0.137 e. The predicted molar refractivity (Wildman–Crippen MR) is 75.8 cm³/mol. The highest BCUT2D eigenvalue weighted by Gasteiger charge is 2.08. The first-order valence-electron chi connectivity index (χ1n) is 6.45. The van der Waals surface area contributed by atoms with Crippen LogP contribution in [0.2, 0.25) is 0 Å². The molecule has 0 aromatic carbocycles. The average molecular weight is 252 g/mol. The topological polar surface area (TPSA) is 56.2 Å². The van der Waals surface area contributed by atoms with Gasteiger partial charge in [0.1, 0.15) is 5.65 Å². The largest absolute Gasteiger partial charge is 0.330 e. The van der Waals surface area contributed by atoms with Gasteiger partial charge >= 0.3 is 0 Å². The summed E-state index contributed by atoms with van der Waals surface area (Å²) < 4.78 is 2.10. The highest BCUT2D eigenvalue weighted by Crippen LogP contribution is 2.24. The molecule has 0 aliphatic rings. The molecule has 19 heavy (non-hydrogen) atoms. The number of nitrogens with two attached hydrogens (primary N) is 1. The molecule has 0 saturated carbocycles. The lowest BCUT2D eigenvalue weighted by Gasteiger charge is -2.10. The van der Waals surface area contributed by atoms with Gasteiger partial charge in [-0.05, 0) is 43.1 Å². The van der Waals surface area contributed by atoms with Gasteiger partial charge in [0.25, 0.3) is 0 Å². The fourth-order valence-corrected chi connectivity index (χ4v) is 2.34. The molecular formula is C15H16N4. The van der Waals surface area contributed by atoms with Gasteiger partial charge in [0, 0.05) is 30.4 Å². The van der Waals surface area contributed by atoms with Crippen LogP contribution in [0.15, 0.2) is 49.1 Å². The van der Waals surface area contributed by atoms with E-state index in [1.807, 2.05) is 36.9 Å². The summed E-state index contributed by atoms with van der Waals surface area (Å²) in [5.41, 5.74) is 10.1. The molecule has 0 fully saturated rings. The molecule has 0 spiro atoms. The number of hydrogen-bond donors (Lipinski definition) is 1.